The van der Waals surface area contributed by atoms with Gasteiger partial charge in [-0.05, 0) is 61.4 Å². The van der Waals surface area contributed by atoms with Gasteiger partial charge in [-0.15, -0.1) is 10.2 Å². The Kier molecular flexibility index (Phi) is 5.37. The molecule has 0 bridgehead atoms. The number of aromatic nitrogens is 4. The number of anilines is 1. The molecule has 0 saturated carbocycles. The van der Waals surface area contributed by atoms with Crippen LogP contribution in [-0.4, -0.2) is 30.8 Å². The average Bonchev–Trinajstić information content (AvgIpc) is 3.15. The highest BCUT2D eigenvalue weighted by atomic mass is 32.2. The first-order chi connectivity index (χ1) is 14.4. The average molecular weight is 423 g/mol. The predicted molar refractivity (Wildman–Crippen MR) is 114 cm³/mol. The highest BCUT2D eigenvalue weighted by Crippen LogP contribution is 2.18. The standard InChI is InChI=1S/C21H18FN5O2S/c1-13-3-8-17(11-14(13)2)26-9-10-27-19(20(26)29)24-25-21(27)30-12-18(28)23-16-6-4-15(22)5-7-16/h3-11H,12H2,1-2H3,(H,23,28). The summed E-state index contributed by atoms with van der Waals surface area (Å²) in [4.78, 5) is 25.0. The summed E-state index contributed by atoms with van der Waals surface area (Å²) in [5, 5.41) is 11.2. The molecule has 4 aromatic rings. The van der Waals surface area contributed by atoms with E-state index in [1.165, 1.54) is 28.8 Å². The van der Waals surface area contributed by atoms with E-state index in [0.717, 1.165) is 28.6 Å². The van der Waals surface area contributed by atoms with E-state index < -0.39 is 0 Å². The maximum absolute atomic E-state index is 13.0. The number of benzene rings is 2. The van der Waals surface area contributed by atoms with Crippen LogP contribution in [0.3, 0.4) is 0 Å². The first-order valence-electron chi connectivity index (χ1n) is 9.14. The van der Waals surface area contributed by atoms with Crippen LogP contribution >= 0.6 is 11.8 Å². The van der Waals surface area contributed by atoms with Crippen LogP contribution in [0.4, 0.5) is 10.1 Å². The van der Waals surface area contributed by atoms with Crippen molar-refractivity contribution in [2.75, 3.05) is 11.1 Å². The number of thioether (sulfide) groups is 1. The first-order valence-corrected chi connectivity index (χ1v) is 10.1. The molecule has 2 aromatic heterocycles. The summed E-state index contributed by atoms with van der Waals surface area (Å²) in [6.07, 6.45) is 3.36. The van der Waals surface area contributed by atoms with Crippen LogP contribution in [0.5, 0.6) is 0 Å². The summed E-state index contributed by atoms with van der Waals surface area (Å²) in [5.41, 5.74) is 3.37. The van der Waals surface area contributed by atoms with Gasteiger partial charge in [-0.25, -0.2) is 4.39 Å². The number of nitrogens with one attached hydrogen (secondary N) is 1. The zero-order chi connectivity index (χ0) is 21.3. The van der Waals surface area contributed by atoms with E-state index in [2.05, 4.69) is 15.5 Å². The molecule has 0 aliphatic carbocycles. The van der Waals surface area contributed by atoms with Crippen molar-refractivity contribution in [3.05, 3.63) is 82.2 Å². The van der Waals surface area contributed by atoms with Gasteiger partial charge in [0.15, 0.2) is 5.16 Å². The number of carbonyl (C=O) groups is 1. The quantitative estimate of drug-likeness (QED) is 0.498. The zero-order valence-electron chi connectivity index (χ0n) is 16.3. The van der Waals surface area contributed by atoms with E-state index >= 15 is 0 Å². The number of aryl methyl sites for hydroxylation is 2. The molecule has 4 rings (SSSR count). The van der Waals surface area contributed by atoms with Gasteiger partial charge in [0.05, 0.1) is 5.75 Å². The van der Waals surface area contributed by atoms with Crippen LogP contribution in [0.1, 0.15) is 11.1 Å². The maximum Gasteiger partial charge on any atom is 0.300 e. The van der Waals surface area contributed by atoms with Crippen molar-refractivity contribution < 1.29 is 9.18 Å². The van der Waals surface area contributed by atoms with Gasteiger partial charge in [0.1, 0.15) is 5.82 Å². The van der Waals surface area contributed by atoms with Gasteiger partial charge in [-0.1, -0.05) is 17.8 Å². The molecule has 0 atom stereocenters. The lowest BCUT2D eigenvalue weighted by atomic mass is 10.1. The number of amides is 1. The fourth-order valence-electron chi connectivity index (χ4n) is 2.90. The largest absolute Gasteiger partial charge is 0.325 e. The fourth-order valence-corrected chi connectivity index (χ4v) is 3.62. The van der Waals surface area contributed by atoms with Gasteiger partial charge in [0.2, 0.25) is 11.6 Å². The lowest BCUT2D eigenvalue weighted by Crippen LogP contribution is -2.20. The third-order valence-corrected chi connectivity index (χ3v) is 5.61. The lowest BCUT2D eigenvalue weighted by Gasteiger charge is -2.09. The van der Waals surface area contributed by atoms with Crippen molar-refractivity contribution in [3.63, 3.8) is 0 Å². The number of rotatable bonds is 5. The summed E-state index contributed by atoms with van der Waals surface area (Å²) >= 11 is 1.16. The monoisotopic (exact) mass is 423 g/mol. The van der Waals surface area contributed by atoms with Gasteiger partial charge < -0.3 is 5.32 Å². The van der Waals surface area contributed by atoms with Gasteiger partial charge in [-0.3, -0.25) is 18.6 Å². The smallest absolute Gasteiger partial charge is 0.300 e. The third kappa shape index (κ3) is 3.97. The number of fused-ring (bicyclic) bond motifs is 1. The Balaban J connectivity index is 1.52. The van der Waals surface area contributed by atoms with Crippen LogP contribution in [0.2, 0.25) is 0 Å². The predicted octanol–water partition coefficient (Wildman–Crippen LogP) is 3.37. The summed E-state index contributed by atoms with van der Waals surface area (Å²) < 4.78 is 16.0. The van der Waals surface area contributed by atoms with E-state index in [1.807, 2.05) is 32.0 Å². The Bertz CT molecular complexity index is 1300. The van der Waals surface area contributed by atoms with Crippen LogP contribution in [0, 0.1) is 19.7 Å². The Morgan fingerprint density at radius 2 is 1.83 bits per heavy atom. The van der Waals surface area contributed by atoms with E-state index in [-0.39, 0.29) is 28.7 Å². The van der Waals surface area contributed by atoms with E-state index in [0.29, 0.717) is 10.8 Å². The number of carbonyl (C=O) groups excluding carboxylic acids is 1. The van der Waals surface area contributed by atoms with Crippen LogP contribution in [0.15, 0.2) is 64.8 Å². The summed E-state index contributed by atoms with van der Waals surface area (Å²) in [6.45, 7) is 4.00. The highest BCUT2D eigenvalue weighted by Gasteiger charge is 2.14. The van der Waals surface area contributed by atoms with Crippen molar-refractivity contribution in [1.82, 2.24) is 19.2 Å². The normalized spacial score (nSPS) is 11.0. The molecule has 0 aliphatic rings. The van der Waals surface area contributed by atoms with Gasteiger partial charge >= 0.3 is 5.56 Å². The zero-order valence-corrected chi connectivity index (χ0v) is 17.1. The second kappa shape index (κ2) is 8.11. The molecule has 0 spiro atoms. The minimum atomic E-state index is -0.372. The Hall–Kier alpha value is -3.46. The molecule has 0 radical (unpaired) electrons. The molecule has 0 unspecified atom stereocenters. The van der Waals surface area contributed by atoms with Crippen molar-refractivity contribution >= 4 is 29.0 Å². The Labute approximate surface area is 175 Å². The van der Waals surface area contributed by atoms with E-state index in [9.17, 15) is 14.0 Å². The third-order valence-electron chi connectivity index (χ3n) is 4.67. The molecule has 152 valence electrons. The first kappa shape index (κ1) is 19.8. The minimum absolute atomic E-state index is 0.0679. The number of halogens is 1. The summed E-state index contributed by atoms with van der Waals surface area (Å²) in [5.74, 6) is -0.575. The molecule has 9 heteroatoms. The summed E-state index contributed by atoms with van der Waals surface area (Å²) in [7, 11) is 0. The molecular weight excluding hydrogens is 405 g/mol. The molecule has 0 aliphatic heterocycles. The van der Waals surface area contributed by atoms with Crippen molar-refractivity contribution in [2.45, 2.75) is 19.0 Å². The Morgan fingerprint density at radius 1 is 1.07 bits per heavy atom. The van der Waals surface area contributed by atoms with E-state index in [4.69, 9.17) is 0 Å². The molecule has 2 aromatic carbocycles. The van der Waals surface area contributed by atoms with Gasteiger partial charge in [0, 0.05) is 23.8 Å². The van der Waals surface area contributed by atoms with Gasteiger partial charge in [0.25, 0.3) is 0 Å². The van der Waals surface area contributed by atoms with Crippen LogP contribution in [-0.2, 0) is 4.79 Å². The molecule has 0 saturated heterocycles. The lowest BCUT2D eigenvalue weighted by molar-refractivity contribution is -0.113. The molecule has 1 N–H and O–H groups in total. The van der Waals surface area contributed by atoms with Gasteiger partial charge in [-0.2, -0.15) is 0 Å². The molecule has 7 nitrogen and oxygen atoms in total. The Morgan fingerprint density at radius 3 is 2.57 bits per heavy atom. The van der Waals surface area contributed by atoms with E-state index in [1.54, 1.807) is 16.8 Å². The highest BCUT2D eigenvalue weighted by molar-refractivity contribution is 7.99. The molecule has 1 amide bonds. The number of hydrogen-bond donors (Lipinski definition) is 1. The molecule has 0 fully saturated rings. The molecule has 2 heterocycles. The maximum atomic E-state index is 13.0. The van der Waals surface area contributed by atoms with Crippen molar-refractivity contribution in [3.8, 4) is 5.69 Å². The SMILES string of the molecule is Cc1ccc(-n2ccn3c(SCC(=O)Nc4ccc(F)cc4)nnc3c2=O)cc1C. The van der Waals surface area contributed by atoms with Crippen LogP contribution in [0.25, 0.3) is 11.3 Å². The number of hydrogen-bond acceptors (Lipinski definition) is 5. The molecule has 30 heavy (non-hydrogen) atoms. The number of nitrogens with zero attached hydrogens (tertiary/aromatic N) is 4. The second-order valence-corrected chi connectivity index (χ2v) is 7.70. The topological polar surface area (TPSA) is 81.3 Å². The minimum Gasteiger partial charge on any atom is -0.325 e. The molecular formula is C21H18FN5O2S. The van der Waals surface area contributed by atoms with Crippen molar-refractivity contribution in [2.24, 2.45) is 0 Å². The fraction of sp³-hybridized carbons (Fsp3) is 0.143. The second-order valence-electron chi connectivity index (χ2n) is 6.76. The van der Waals surface area contributed by atoms with Crippen LogP contribution < -0.4 is 10.9 Å². The van der Waals surface area contributed by atoms with Crippen molar-refractivity contribution in [1.29, 1.82) is 0 Å². The summed E-state index contributed by atoms with van der Waals surface area (Å²) in [6, 6.07) is 11.3.